The van der Waals surface area contributed by atoms with Crippen LogP contribution in [0, 0.1) is 5.41 Å². The summed E-state index contributed by atoms with van der Waals surface area (Å²) in [4.78, 5) is 0. The standard InChI is InChI=1S/C11H23NO3/c1-10(13,9(14-2)15-3)11(8-12)6-4-5-7-11/h9,13H,4-8,12H2,1-3H3. The molecule has 3 N–H and O–H groups in total. The van der Waals surface area contributed by atoms with Gasteiger partial charge in [-0.15, -0.1) is 0 Å². The fourth-order valence-corrected chi connectivity index (χ4v) is 2.77. The summed E-state index contributed by atoms with van der Waals surface area (Å²) in [5, 5.41) is 10.6. The second-order valence-electron chi connectivity index (χ2n) is 4.64. The Hall–Kier alpha value is -0.160. The summed E-state index contributed by atoms with van der Waals surface area (Å²) in [5.41, 5.74) is 4.54. The minimum absolute atomic E-state index is 0.260. The van der Waals surface area contributed by atoms with Crippen LogP contribution >= 0.6 is 0 Å². The van der Waals surface area contributed by atoms with Gasteiger partial charge >= 0.3 is 0 Å². The van der Waals surface area contributed by atoms with Gasteiger partial charge in [-0.2, -0.15) is 0 Å². The smallest absolute Gasteiger partial charge is 0.185 e. The quantitative estimate of drug-likeness (QED) is 0.671. The normalized spacial score (nSPS) is 24.4. The number of hydrogen-bond donors (Lipinski definition) is 2. The van der Waals surface area contributed by atoms with Crippen molar-refractivity contribution in [2.75, 3.05) is 20.8 Å². The van der Waals surface area contributed by atoms with Gasteiger partial charge in [-0.3, -0.25) is 0 Å². The van der Waals surface area contributed by atoms with E-state index in [1.165, 1.54) is 0 Å². The molecule has 0 bridgehead atoms. The largest absolute Gasteiger partial charge is 0.384 e. The first-order valence-electron chi connectivity index (χ1n) is 5.52. The van der Waals surface area contributed by atoms with Gasteiger partial charge < -0.3 is 20.3 Å². The van der Waals surface area contributed by atoms with E-state index in [0.29, 0.717) is 6.54 Å². The Morgan fingerprint density at radius 2 is 1.80 bits per heavy atom. The summed E-state index contributed by atoms with van der Waals surface area (Å²) in [7, 11) is 3.09. The van der Waals surface area contributed by atoms with Crippen LogP contribution in [0.4, 0.5) is 0 Å². The average molecular weight is 217 g/mol. The molecule has 1 saturated carbocycles. The summed E-state index contributed by atoms with van der Waals surface area (Å²) in [6.45, 7) is 2.24. The highest BCUT2D eigenvalue weighted by Crippen LogP contribution is 2.47. The maximum Gasteiger partial charge on any atom is 0.185 e. The van der Waals surface area contributed by atoms with Crippen LogP contribution in [0.2, 0.25) is 0 Å². The van der Waals surface area contributed by atoms with E-state index in [-0.39, 0.29) is 5.41 Å². The van der Waals surface area contributed by atoms with E-state index in [1.54, 1.807) is 21.1 Å². The van der Waals surface area contributed by atoms with Crippen LogP contribution in [0.15, 0.2) is 0 Å². The third-order valence-corrected chi connectivity index (χ3v) is 3.91. The highest BCUT2D eigenvalue weighted by molar-refractivity contribution is 5.01. The van der Waals surface area contributed by atoms with Crippen LogP contribution in [0.25, 0.3) is 0 Å². The predicted octanol–water partition coefficient (Wildman–Crippen LogP) is 0.875. The topological polar surface area (TPSA) is 64.7 Å². The molecule has 0 saturated heterocycles. The number of methoxy groups -OCH3 is 2. The summed E-state index contributed by atoms with van der Waals surface area (Å²) < 4.78 is 10.4. The lowest BCUT2D eigenvalue weighted by Crippen LogP contribution is -2.57. The van der Waals surface area contributed by atoms with Gasteiger partial charge in [0.15, 0.2) is 6.29 Å². The molecule has 0 aromatic rings. The minimum Gasteiger partial charge on any atom is -0.384 e. The molecule has 0 amide bonds. The van der Waals surface area contributed by atoms with Crippen LogP contribution in [0.1, 0.15) is 32.6 Å². The third-order valence-electron chi connectivity index (χ3n) is 3.91. The molecule has 0 aliphatic heterocycles. The first-order valence-corrected chi connectivity index (χ1v) is 5.52. The van der Waals surface area contributed by atoms with E-state index < -0.39 is 11.9 Å². The van der Waals surface area contributed by atoms with Crippen molar-refractivity contribution < 1.29 is 14.6 Å². The molecule has 1 atom stereocenters. The number of rotatable bonds is 5. The SMILES string of the molecule is COC(OC)C(C)(O)C1(CN)CCCC1. The molecule has 15 heavy (non-hydrogen) atoms. The van der Waals surface area contributed by atoms with E-state index >= 15 is 0 Å². The molecule has 1 fully saturated rings. The van der Waals surface area contributed by atoms with Crippen LogP contribution in [0.5, 0.6) is 0 Å². The summed E-state index contributed by atoms with van der Waals surface area (Å²) >= 11 is 0. The van der Waals surface area contributed by atoms with Crippen LogP contribution in [-0.4, -0.2) is 37.8 Å². The lowest BCUT2D eigenvalue weighted by atomic mass is 9.70. The average Bonchev–Trinajstić information content (AvgIpc) is 2.68. The maximum atomic E-state index is 10.6. The number of ether oxygens (including phenoxy) is 2. The first-order chi connectivity index (χ1) is 7.04. The molecule has 90 valence electrons. The lowest BCUT2D eigenvalue weighted by molar-refractivity contribution is -0.249. The molecule has 0 aromatic carbocycles. The van der Waals surface area contributed by atoms with E-state index in [9.17, 15) is 5.11 Å². The molecule has 0 aromatic heterocycles. The molecule has 1 unspecified atom stereocenters. The van der Waals surface area contributed by atoms with Gasteiger partial charge in [-0.1, -0.05) is 12.8 Å². The molecule has 0 heterocycles. The van der Waals surface area contributed by atoms with Crippen molar-refractivity contribution in [2.45, 2.75) is 44.5 Å². The van der Waals surface area contributed by atoms with Crippen molar-refractivity contribution in [3.8, 4) is 0 Å². The van der Waals surface area contributed by atoms with Gasteiger partial charge in [0.25, 0.3) is 0 Å². The zero-order valence-electron chi connectivity index (χ0n) is 9.95. The highest BCUT2D eigenvalue weighted by Gasteiger charge is 2.52. The van der Waals surface area contributed by atoms with Gasteiger partial charge in [0.1, 0.15) is 5.60 Å². The molecule has 4 heteroatoms. The molecule has 1 aliphatic rings. The fourth-order valence-electron chi connectivity index (χ4n) is 2.77. The van der Waals surface area contributed by atoms with Crippen molar-refractivity contribution in [1.29, 1.82) is 0 Å². The van der Waals surface area contributed by atoms with E-state index in [1.807, 2.05) is 0 Å². The number of aliphatic hydroxyl groups is 1. The minimum atomic E-state index is -1.03. The van der Waals surface area contributed by atoms with Gasteiger partial charge in [-0.05, 0) is 19.8 Å². The lowest BCUT2D eigenvalue weighted by Gasteiger charge is -2.45. The summed E-state index contributed by atoms with van der Waals surface area (Å²) in [5.74, 6) is 0. The first kappa shape index (κ1) is 12.9. The molecule has 4 nitrogen and oxygen atoms in total. The third kappa shape index (κ3) is 2.04. The Bertz CT molecular complexity index is 196. The number of hydrogen-bond acceptors (Lipinski definition) is 4. The predicted molar refractivity (Wildman–Crippen MR) is 58.4 cm³/mol. The zero-order valence-corrected chi connectivity index (χ0v) is 9.95. The van der Waals surface area contributed by atoms with E-state index in [2.05, 4.69) is 0 Å². The Labute approximate surface area is 91.7 Å². The van der Waals surface area contributed by atoms with Crippen molar-refractivity contribution in [3.63, 3.8) is 0 Å². The molecular weight excluding hydrogens is 194 g/mol. The van der Waals surface area contributed by atoms with E-state index in [0.717, 1.165) is 25.7 Å². The van der Waals surface area contributed by atoms with Crippen molar-refractivity contribution in [1.82, 2.24) is 0 Å². The molecular formula is C11H23NO3. The number of nitrogens with two attached hydrogens (primary N) is 1. The molecule has 0 spiro atoms. The molecule has 0 radical (unpaired) electrons. The van der Waals surface area contributed by atoms with Crippen LogP contribution in [0.3, 0.4) is 0 Å². The van der Waals surface area contributed by atoms with Crippen molar-refractivity contribution in [3.05, 3.63) is 0 Å². The molecule has 1 aliphatic carbocycles. The molecule has 1 rings (SSSR count). The Morgan fingerprint density at radius 3 is 2.13 bits per heavy atom. The fraction of sp³-hybridized carbons (Fsp3) is 1.00. The van der Waals surface area contributed by atoms with Crippen molar-refractivity contribution in [2.24, 2.45) is 11.1 Å². The Morgan fingerprint density at radius 1 is 1.33 bits per heavy atom. The Kier molecular flexibility index (Phi) is 4.12. The second-order valence-corrected chi connectivity index (χ2v) is 4.64. The van der Waals surface area contributed by atoms with Gasteiger partial charge in [-0.25, -0.2) is 0 Å². The van der Waals surface area contributed by atoms with Crippen LogP contribution in [-0.2, 0) is 9.47 Å². The van der Waals surface area contributed by atoms with Crippen molar-refractivity contribution >= 4 is 0 Å². The summed E-state index contributed by atoms with van der Waals surface area (Å²) in [6, 6.07) is 0. The van der Waals surface area contributed by atoms with E-state index in [4.69, 9.17) is 15.2 Å². The van der Waals surface area contributed by atoms with Gasteiger partial charge in [0, 0.05) is 26.2 Å². The van der Waals surface area contributed by atoms with Gasteiger partial charge in [0.2, 0.25) is 0 Å². The zero-order chi connectivity index (χ0) is 11.5. The van der Waals surface area contributed by atoms with Crippen LogP contribution < -0.4 is 5.73 Å². The monoisotopic (exact) mass is 217 g/mol. The second kappa shape index (κ2) is 4.78. The van der Waals surface area contributed by atoms with Gasteiger partial charge in [0.05, 0.1) is 0 Å². The highest BCUT2D eigenvalue weighted by atomic mass is 16.7. The maximum absolute atomic E-state index is 10.6. The summed E-state index contributed by atoms with van der Waals surface area (Å²) in [6.07, 6.45) is 3.51. The Balaban J connectivity index is 2.89.